The molecule has 1 aromatic carbocycles. The van der Waals surface area contributed by atoms with Gasteiger partial charge in [0.25, 0.3) is 0 Å². The van der Waals surface area contributed by atoms with Gasteiger partial charge in [-0.2, -0.15) is 0 Å². The Morgan fingerprint density at radius 3 is 2.35 bits per heavy atom. The van der Waals surface area contributed by atoms with Crippen LogP contribution < -0.4 is 10.1 Å². The van der Waals surface area contributed by atoms with Crippen molar-refractivity contribution in [1.29, 1.82) is 0 Å². The van der Waals surface area contributed by atoms with E-state index in [0.29, 0.717) is 18.2 Å². The molecule has 0 heterocycles. The Balaban J connectivity index is 1.66. The summed E-state index contributed by atoms with van der Waals surface area (Å²) in [6.45, 7) is 0. The largest absolute Gasteiger partial charge is 0.497 e. The van der Waals surface area contributed by atoms with Gasteiger partial charge in [0.05, 0.1) is 13.2 Å². The van der Waals surface area contributed by atoms with E-state index in [2.05, 4.69) is 29.6 Å². The van der Waals surface area contributed by atoms with Gasteiger partial charge in [-0.3, -0.25) is 0 Å². The molecule has 2 fully saturated rings. The molecule has 3 unspecified atom stereocenters. The number of methoxy groups -OCH3 is 2. The Morgan fingerprint density at radius 2 is 1.80 bits per heavy atom. The minimum absolute atomic E-state index is 0.447. The summed E-state index contributed by atoms with van der Waals surface area (Å²) in [7, 11) is 3.55. The quantitative estimate of drug-likeness (QED) is 0.864. The van der Waals surface area contributed by atoms with Crippen molar-refractivity contribution in [3.63, 3.8) is 0 Å². The van der Waals surface area contributed by atoms with Crippen LogP contribution in [0.2, 0.25) is 0 Å². The maximum Gasteiger partial charge on any atom is 0.118 e. The summed E-state index contributed by atoms with van der Waals surface area (Å²) in [6, 6.07) is 9.65. The summed E-state index contributed by atoms with van der Waals surface area (Å²) >= 11 is 0. The van der Waals surface area contributed by atoms with E-state index in [-0.39, 0.29) is 0 Å². The minimum atomic E-state index is 0.447. The third-order valence-corrected chi connectivity index (χ3v) is 4.70. The van der Waals surface area contributed by atoms with Gasteiger partial charge in [-0.15, -0.1) is 0 Å². The van der Waals surface area contributed by atoms with Crippen molar-refractivity contribution >= 4 is 0 Å². The van der Waals surface area contributed by atoms with Gasteiger partial charge in [0.2, 0.25) is 0 Å². The molecule has 1 N–H and O–H groups in total. The molecule has 2 saturated carbocycles. The highest BCUT2D eigenvalue weighted by molar-refractivity contribution is 5.30. The number of nitrogens with one attached hydrogen (secondary N) is 1. The molecular formula is C17H25NO2. The fourth-order valence-electron chi connectivity index (χ4n) is 3.30. The molecule has 3 nitrogen and oxygen atoms in total. The lowest BCUT2D eigenvalue weighted by Crippen LogP contribution is -2.32. The van der Waals surface area contributed by atoms with E-state index in [1.807, 2.05) is 7.11 Å². The molecule has 20 heavy (non-hydrogen) atoms. The van der Waals surface area contributed by atoms with E-state index in [0.717, 1.165) is 18.1 Å². The summed E-state index contributed by atoms with van der Waals surface area (Å²) in [5.74, 6) is 1.74. The Hall–Kier alpha value is -1.06. The standard InChI is InChI=1S/C17H25NO2/c1-19-15-8-5-13(6-9-15)17(12-3-4-12)18-14-7-10-16(11-14)20-2/h5-6,8-9,12,14,16-18H,3-4,7,10-11H2,1-2H3. The van der Waals surface area contributed by atoms with Crippen LogP contribution in [-0.4, -0.2) is 26.4 Å². The predicted octanol–water partition coefficient (Wildman–Crippen LogP) is 3.30. The lowest BCUT2D eigenvalue weighted by molar-refractivity contribution is 0.106. The summed E-state index contributed by atoms with van der Waals surface area (Å²) in [6.07, 6.45) is 6.72. The van der Waals surface area contributed by atoms with Gasteiger partial charge in [0, 0.05) is 19.2 Å². The first kappa shape index (κ1) is 13.9. The summed E-state index contributed by atoms with van der Waals surface area (Å²) in [5, 5.41) is 3.88. The van der Waals surface area contributed by atoms with Crippen molar-refractivity contribution in [3.8, 4) is 5.75 Å². The molecule has 2 aliphatic carbocycles. The van der Waals surface area contributed by atoms with Gasteiger partial charge >= 0.3 is 0 Å². The molecule has 3 rings (SSSR count). The normalized spacial score (nSPS) is 27.5. The van der Waals surface area contributed by atoms with Crippen molar-refractivity contribution in [3.05, 3.63) is 29.8 Å². The maximum atomic E-state index is 5.48. The van der Waals surface area contributed by atoms with Crippen LogP contribution in [-0.2, 0) is 4.74 Å². The molecule has 0 amide bonds. The molecule has 2 aliphatic rings. The van der Waals surface area contributed by atoms with Gasteiger partial charge in [0.1, 0.15) is 5.75 Å². The lowest BCUT2D eigenvalue weighted by Gasteiger charge is -2.23. The zero-order chi connectivity index (χ0) is 13.9. The van der Waals surface area contributed by atoms with Crippen molar-refractivity contribution in [2.24, 2.45) is 5.92 Å². The molecule has 3 heteroatoms. The highest BCUT2D eigenvalue weighted by Crippen LogP contribution is 2.42. The molecule has 0 saturated heterocycles. The average molecular weight is 275 g/mol. The molecule has 0 radical (unpaired) electrons. The van der Waals surface area contributed by atoms with Crippen molar-refractivity contribution in [2.45, 2.75) is 50.3 Å². The number of ether oxygens (including phenoxy) is 2. The first-order valence-corrected chi connectivity index (χ1v) is 7.73. The predicted molar refractivity (Wildman–Crippen MR) is 80.0 cm³/mol. The van der Waals surface area contributed by atoms with Crippen LogP contribution in [0.1, 0.15) is 43.7 Å². The Kier molecular flexibility index (Phi) is 4.27. The summed E-state index contributed by atoms with van der Waals surface area (Å²) in [5.41, 5.74) is 1.40. The number of hydrogen-bond donors (Lipinski definition) is 1. The van der Waals surface area contributed by atoms with E-state index in [4.69, 9.17) is 9.47 Å². The van der Waals surface area contributed by atoms with E-state index in [1.165, 1.54) is 31.2 Å². The van der Waals surface area contributed by atoms with Gasteiger partial charge in [0.15, 0.2) is 0 Å². The number of benzene rings is 1. The van der Waals surface area contributed by atoms with Crippen LogP contribution in [0.4, 0.5) is 0 Å². The average Bonchev–Trinajstić information content (AvgIpc) is 3.24. The van der Waals surface area contributed by atoms with Crippen LogP contribution >= 0.6 is 0 Å². The Morgan fingerprint density at radius 1 is 1.05 bits per heavy atom. The SMILES string of the molecule is COc1ccc(C(NC2CCC(OC)C2)C2CC2)cc1. The Labute approximate surface area is 121 Å². The van der Waals surface area contributed by atoms with E-state index < -0.39 is 0 Å². The van der Waals surface area contributed by atoms with Gasteiger partial charge in [-0.1, -0.05) is 12.1 Å². The first-order chi connectivity index (χ1) is 9.80. The van der Waals surface area contributed by atoms with Crippen molar-refractivity contribution in [1.82, 2.24) is 5.32 Å². The highest BCUT2D eigenvalue weighted by atomic mass is 16.5. The molecule has 1 aromatic rings. The molecule has 0 spiro atoms. The van der Waals surface area contributed by atoms with Gasteiger partial charge < -0.3 is 14.8 Å². The van der Waals surface area contributed by atoms with E-state index in [9.17, 15) is 0 Å². The second kappa shape index (κ2) is 6.15. The summed E-state index contributed by atoms with van der Waals surface area (Å²) < 4.78 is 10.7. The first-order valence-electron chi connectivity index (χ1n) is 7.73. The zero-order valence-corrected chi connectivity index (χ0v) is 12.5. The molecule has 3 atom stereocenters. The highest BCUT2D eigenvalue weighted by Gasteiger charge is 2.35. The monoisotopic (exact) mass is 275 g/mol. The molecule has 110 valence electrons. The third-order valence-electron chi connectivity index (χ3n) is 4.70. The van der Waals surface area contributed by atoms with Crippen LogP contribution in [0.3, 0.4) is 0 Å². The fourth-order valence-corrected chi connectivity index (χ4v) is 3.30. The lowest BCUT2D eigenvalue weighted by atomic mass is 10.0. The van der Waals surface area contributed by atoms with Gasteiger partial charge in [-0.25, -0.2) is 0 Å². The second-order valence-corrected chi connectivity index (χ2v) is 6.12. The molecule has 0 aromatic heterocycles. The van der Waals surface area contributed by atoms with Crippen LogP contribution in [0.15, 0.2) is 24.3 Å². The van der Waals surface area contributed by atoms with Crippen molar-refractivity contribution in [2.75, 3.05) is 14.2 Å². The molecule has 0 bridgehead atoms. The van der Waals surface area contributed by atoms with E-state index in [1.54, 1.807) is 7.11 Å². The second-order valence-electron chi connectivity index (χ2n) is 6.12. The smallest absolute Gasteiger partial charge is 0.118 e. The topological polar surface area (TPSA) is 30.5 Å². The van der Waals surface area contributed by atoms with Crippen LogP contribution in [0, 0.1) is 5.92 Å². The van der Waals surface area contributed by atoms with Gasteiger partial charge in [-0.05, 0) is 55.7 Å². The van der Waals surface area contributed by atoms with E-state index >= 15 is 0 Å². The van der Waals surface area contributed by atoms with Crippen LogP contribution in [0.5, 0.6) is 5.75 Å². The fraction of sp³-hybridized carbons (Fsp3) is 0.647. The molecular weight excluding hydrogens is 250 g/mol. The number of rotatable bonds is 6. The Bertz CT molecular complexity index is 427. The minimum Gasteiger partial charge on any atom is -0.497 e. The number of hydrogen-bond acceptors (Lipinski definition) is 3. The zero-order valence-electron chi connectivity index (χ0n) is 12.5. The van der Waals surface area contributed by atoms with Crippen molar-refractivity contribution < 1.29 is 9.47 Å². The molecule has 0 aliphatic heterocycles. The third kappa shape index (κ3) is 3.15. The van der Waals surface area contributed by atoms with Crippen LogP contribution in [0.25, 0.3) is 0 Å². The summed E-state index contributed by atoms with van der Waals surface area (Å²) in [4.78, 5) is 0. The maximum absolute atomic E-state index is 5.48.